The maximum Gasteiger partial charge on any atom is 0.403 e. The van der Waals surface area contributed by atoms with Gasteiger partial charge in [-0.1, -0.05) is 11.6 Å². The highest BCUT2D eigenvalue weighted by atomic mass is 35.5. The lowest BCUT2D eigenvalue weighted by molar-refractivity contribution is -0.147. The van der Waals surface area contributed by atoms with Crippen molar-refractivity contribution in [2.45, 2.75) is 32.5 Å². The smallest absolute Gasteiger partial charge is 0.320 e. The highest BCUT2D eigenvalue weighted by Gasteiger charge is 2.37. The van der Waals surface area contributed by atoms with Crippen molar-refractivity contribution in [2.75, 3.05) is 0 Å². The Labute approximate surface area is 96.6 Å². The lowest BCUT2D eigenvalue weighted by Crippen LogP contribution is -2.39. The van der Waals surface area contributed by atoms with E-state index in [1.807, 2.05) is 0 Å². The first kappa shape index (κ1) is 13.3. The van der Waals surface area contributed by atoms with Gasteiger partial charge < -0.3 is 5.73 Å². The molecule has 0 amide bonds. The molecule has 0 aliphatic heterocycles. The lowest BCUT2D eigenvalue weighted by Gasteiger charge is -2.17. The van der Waals surface area contributed by atoms with Crippen LogP contribution in [-0.4, -0.2) is 17.2 Å². The molecule has 90 valence electrons. The molecular weight excluding hydrogens is 241 g/mol. The van der Waals surface area contributed by atoms with Crippen LogP contribution >= 0.6 is 11.6 Å². The van der Waals surface area contributed by atoms with Crippen molar-refractivity contribution in [1.82, 2.24) is 4.98 Å². The van der Waals surface area contributed by atoms with Gasteiger partial charge in [-0.15, -0.1) is 0 Å². The Hall–Kier alpha value is -0.810. The van der Waals surface area contributed by atoms with E-state index in [-0.39, 0.29) is 11.6 Å². The fourth-order valence-electron chi connectivity index (χ4n) is 1.40. The molecule has 1 unspecified atom stereocenters. The minimum absolute atomic E-state index is 0.0946. The van der Waals surface area contributed by atoms with Crippen molar-refractivity contribution in [3.05, 3.63) is 28.0 Å². The Balaban J connectivity index is 2.98. The standard InChI is InChI=1S/C10H12ClF3N2/c1-5-3-6(2)16-9(11)7(5)4-8(15)10(12,13)14/h3,8H,4,15H2,1-2H3. The summed E-state index contributed by atoms with van der Waals surface area (Å²) in [6.07, 6.45) is -4.76. The number of alkyl halides is 3. The quantitative estimate of drug-likeness (QED) is 0.822. The van der Waals surface area contributed by atoms with E-state index < -0.39 is 12.2 Å². The van der Waals surface area contributed by atoms with E-state index in [1.165, 1.54) is 0 Å². The average molecular weight is 253 g/mol. The molecule has 1 aromatic rings. The van der Waals surface area contributed by atoms with Gasteiger partial charge in [0.1, 0.15) is 11.2 Å². The second kappa shape index (κ2) is 4.59. The van der Waals surface area contributed by atoms with Crippen LogP contribution in [-0.2, 0) is 6.42 Å². The molecule has 0 bridgehead atoms. The van der Waals surface area contributed by atoms with E-state index >= 15 is 0 Å². The van der Waals surface area contributed by atoms with Gasteiger partial charge in [0.25, 0.3) is 0 Å². The molecule has 1 heterocycles. The summed E-state index contributed by atoms with van der Waals surface area (Å²) in [6.45, 7) is 3.42. The fraction of sp³-hybridized carbons (Fsp3) is 0.500. The van der Waals surface area contributed by atoms with Crippen LogP contribution in [0, 0.1) is 13.8 Å². The predicted octanol–water partition coefficient (Wildman–Crippen LogP) is 2.78. The third-order valence-corrected chi connectivity index (χ3v) is 2.58. The molecule has 0 saturated carbocycles. The third kappa shape index (κ3) is 3.09. The summed E-state index contributed by atoms with van der Waals surface area (Å²) in [6, 6.07) is -0.224. The van der Waals surface area contributed by atoms with Crippen molar-refractivity contribution < 1.29 is 13.2 Å². The van der Waals surface area contributed by atoms with Gasteiger partial charge in [-0.3, -0.25) is 0 Å². The van der Waals surface area contributed by atoms with Gasteiger partial charge in [0, 0.05) is 5.69 Å². The summed E-state index contributed by atoms with van der Waals surface area (Å²) in [4.78, 5) is 3.91. The van der Waals surface area contributed by atoms with Gasteiger partial charge in [-0.05, 0) is 37.5 Å². The van der Waals surface area contributed by atoms with Crippen LogP contribution in [0.2, 0.25) is 5.15 Å². The summed E-state index contributed by atoms with van der Waals surface area (Å²) < 4.78 is 36.9. The van der Waals surface area contributed by atoms with E-state index in [1.54, 1.807) is 19.9 Å². The number of hydrogen-bond acceptors (Lipinski definition) is 2. The molecule has 0 fully saturated rings. The summed E-state index contributed by atoms with van der Waals surface area (Å²) in [5.74, 6) is 0. The van der Waals surface area contributed by atoms with Crippen LogP contribution in [0.1, 0.15) is 16.8 Å². The predicted molar refractivity (Wildman–Crippen MR) is 56.5 cm³/mol. The van der Waals surface area contributed by atoms with Crippen LogP contribution in [0.15, 0.2) is 6.07 Å². The molecule has 6 heteroatoms. The van der Waals surface area contributed by atoms with Crippen molar-refractivity contribution in [3.63, 3.8) is 0 Å². The van der Waals surface area contributed by atoms with Gasteiger partial charge >= 0.3 is 6.18 Å². The number of pyridine rings is 1. The van der Waals surface area contributed by atoms with E-state index in [9.17, 15) is 13.2 Å². The minimum atomic E-state index is -4.42. The first-order valence-corrected chi connectivity index (χ1v) is 5.04. The molecule has 1 atom stereocenters. The van der Waals surface area contributed by atoms with Crippen LogP contribution in [0.5, 0.6) is 0 Å². The molecule has 2 nitrogen and oxygen atoms in total. The maximum atomic E-state index is 12.3. The topological polar surface area (TPSA) is 38.9 Å². The second-order valence-electron chi connectivity index (χ2n) is 3.70. The third-order valence-electron chi connectivity index (χ3n) is 2.27. The number of rotatable bonds is 2. The Bertz CT molecular complexity index is 367. The first-order chi connectivity index (χ1) is 7.21. The molecule has 0 saturated heterocycles. The molecule has 0 radical (unpaired) electrons. The molecule has 0 aliphatic rings. The molecular formula is C10H12ClF3N2. The summed E-state index contributed by atoms with van der Waals surface area (Å²) in [7, 11) is 0. The van der Waals surface area contributed by atoms with E-state index in [4.69, 9.17) is 17.3 Å². The second-order valence-corrected chi connectivity index (χ2v) is 4.06. The zero-order valence-corrected chi connectivity index (χ0v) is 9.65. The largest absolute Gasteiger partial charge is 0.403 e. The Morgan fingerprint density at radius 2 is 2.00 bits per heavy atom. The Morgan fingerprint density at radius 1 is 1.44 bits per heavy atom. The highest BCUT2D eigenvalue weighted by Crippen LogP contribution is 2.26. The van der Waals surface area contributed by atoms with Gasteiger partial charge in [0.15, 0.2) is 0 Å². The van der Waals surface area contributed by atoms with Crippen molar-refractivity contribution in [1.29, 1.82) is 0 Å². The van der Waals surface area contributed by atoms with Crippen molar-refractivity contribution in [3.8, 4) is 0 Å². The molecule has 0 aromatic carbocycles. The Morgan fingerprint density at radius 3 is 2.44 bits per heavy atom. The molecule has 0 aliphatic carbocycles. The van der Waals surface area contributed by atoms with Gasteiger partial charge in [0.05, 0.1) is 0 Å². The van der Waals surface area contributed by atoms with Crippen LogP contribution in [0.4, 0.5) is 13.2 Å². The molecule has 1 aromatic heterocycles. The molecule has 2 N–H and O–H groups in total. The number of halogens is 4. The zero-order valence-electron chi connectivity index (χ0n) is 8.90. The van der Waals surface area contributed by atoms with Crippen LogP contribution in [0.3, 0.4) is 0 Å². The molecule has 16 heavy (non-hydrogen) atoms. The van der Waals surface area contributed by atoms with Gasteiger partial charge in [-0.2, -0.15) is 13.2 Å². The van der Waals surface area contributed by atoms with E-state index in [0.29, 0.717) is 16.8 Å². The van der Waals surface area contributed by atoms with E-state index in [2.05, 4.69) is 4.98 Å². The highest BCUT2D eigenvalue weighted by molar-refractivity contribution is 6.30. The van der Waals surface area contributed by atoms with Crippen molar-refractivity contribution >= 4 is 11.6 Å². The lowest BCUT2D eigenvalue weighted by atomic mass is 10.0. The minimum Gasteiger partial charge on any atom is -0.320 e. The molecule has 1 rings (SSSR count). The monoisotopic (exact) mass is 252 g/mol. The summed E-state index contributed by atoms with van der Waals surface area (Å²) in [5, 5.41) is 0.0946. The molecule has 0 spiro atoms. The zero-order chi connectivity index (χ0) is 12.5. The Kier molecular flexibility index (Phi) is 3.80. The number of nitrogens with two attached hydrogens (primary N) is 1. The first-order valence-electron chi connectivity index (χ1n) is 4.66. The SMILES string of the molecule is Cc1cc(C)c(CC(N)C(F)(F)F)c(Cl)n1. The summed E-state index contributed by atoms with van der Waals surface area (Å²) >= 11 is 5.79. The van der Waals surface area contributed by atoms with Gasteiger partial charge in [-0.25, -0.2) is 4.98 Å². The van der Waals surface area contributed by atoms with Crippen LogP contribution in [0.25, 0.3) is 0 Å². The normalized spacial score (nSPS) is 13.9. The van der Waals surface area contributed by atoms with Crippen LogP contribution < -0.4 is 5.73 Å². The van der Waals surface area contributed by atoms with Crippen molar-refractivity contribution in [2.24, 2.45) is 5.73 Å². The van der Waals surface area contributed by atoms with Gasteiger partial charge in [0.2, 0.25) is 0 Å². The number of nitrogens with zero attached hydrogens (tertiary/aromatic N) is 1. The summed E-state index contributed by atoms with van der Waals surface area (Å²) in [5.41, 5.74) is 6.76. The number of aryl methyl sites for hydroxylation is 2. The maximum absolute atomic E-state index is 12.3. The average Bonchev–Trinajstić information content (AvgIpc) is 2.08. The number of hydrogen-bond donors (Lipinski definition) is 1. The fourth-order valence-corrected chi connectivity index (χ4v) is 1.76. The van der Waals surface area contributed by atoms with E-state index in [0.717, 1.165) is 0 Å². The number of aromatic nitrogens is 1.